The van der Waals surface area contributed by atoms with Crippen molar-refractivity contribution in [2.75, 3.05) is 31.1 Å². The lowest BCUT2D eigenvalue weighted by Crippen LogP contribution is -2.49. The third-order valence-corrected chi connectivity index (χ3v) is 5.46. The van der Waals surface area contributed by atoms with Crippen LogP contribution in [-0.4, -0.2) is 70.4 Å². The molecule has 0 unspecified atom stereocenters. The molecule has 2 saturated heterocycles. The Balaban J connectivity index is 1.50. The van der Waals surface area contributed by atoms with Crippen molar-refractivity contribution in [1.82, 2.24) is 19.8 Å². The van der Waals surface area contributed by atoms with Crippen LogP contribution in [0, 0.1) is 6.92 Å². The van der Waals surface area contributed by atoms with E-state index in [0.29, 0.717) is 38.5 Å². The number of imide groups is 1. The lowest BCUT2D eigenvalue weighted by atomic mass is 10.2. The Bertz CT molecular complexity index is 1060. The van der Waals surface area contributed by atoms with Gasteiger partial charge in [-0.05, 0) is 39.3 Å². The number of pyridine rings is 1. The summed E-state index contributed by atoms with van der Waals surface area (Å²) in [5.74, 6) is -0.268. The number of amides is 4. The molecule has 10 heteroatoms. The van der Waals surface area contributed by atoms with Gasteiger partial charge in [0.05, 0.1) is 37.7 Å². The quantitative estimate of drug-likeness (QED) is 0.781. The monoisotopic (exact) mass is 443 g/mol. The van der Waals surface area contributed by atoms with E-state index in [-0.39, 0.29) is 24.5 Å². The van der Waals surface area contributed by atoms with E-state index in [1.165, 1.54) is 4.90 Å². The average molecular weight is 444 g/mol. The number of hydrogen-bond acceptors (Lipinski definition) is 6. The van der Waals surface area contributed by atoms with Gasteiger partial charge in [-0.1, -0.05) is 0 Å². The molecule has 0 saturated carbocycles. The van der Waals surface area contributed by atoms with Gasteiger partial charge in [-0.25, -0.2) is 14.6 Å². The number of anilines is 1. The fourth-order valence-corrected chi connectivity index (χ4v) is 3.97. The fraction of sp³-hybridized carbons (Fsp3) is 0.545. The van der Waals surface area contributed by atoms with E-state index in [1.807, 2.05) is 44.5 Å². The van der Waals surface area contributed by atoms with Crippen LogP contribution < -0.4 is 10.2 Å². The van der Waals surface area contributed by atoms with Gasteiger partial charge < -0.3 is 18.9 Å². The number of nitrogens with zero attached hydrogens (tertiary/aromatic N) is 4. The van der Waals surface area contributed by atoms with Crippen LogP contribution in [0.1, 0.15) is 32.8 Å². The standard InChI is InChI=1S/C22H29N5O5/c1-14-11-26(13-16-12-25(7-8-31-16)21(30)32-22(2,3)4)19-17(14)9-15(10-23-19)27-6-5-18(28)24-20(27)29/h9-11,16H,5-8,12-13H2,1-4H3,(H,24,28,29)/t16-/m0/s1. The highest BCUT2D eigenvalue weighted by molar-refractivity contribution is 6.06. The van der Waals surface area contributed by atoms with Gasteiger partial charge in [-0.15, -0.1) is 0 Å². The second-order valence-electron chi connectivity index (χ2n) is 9.20. The van der Waals surface area contributed by atoms with Crippen LogP contribution in [0.15, 0.2) is 18.5 Å². The summed E-state index contributed by atoms with van der Waals surface area (Å²) >= 11 is 0. The summed E-state index contributed by atoms with van der Waals surface area (Å²) in [5.41, 5.74) is 1.90. The van der Waals surface area contributed by atoms with Gasteiger partial charge in [0.1, 0.15) is 11.2 Å². The maximum Gasteiger partial charge on any atom is 0.410 e. The maximum absolute atomic E-state index is 12.4. The van der Waals surface area contributed by atoms with Gasteiger partial charge in [-0.2, -0.15) is 0 Å². The van der Waals surface area contributed by atoms with Crippen LogP contribution >= 0.6 is 0 Å². The number of carbonyl (C=O) groups excluding carboxylic acids is 3. The summed E-state index contributed by atoms with van der Waals surface area (Å²) in [6.07, 6.45) is 3.38. The summed E-state index contributed by atoms with van der Waals surface area (Å²) in [7, 11) is 0. The number of fused-ring (bicyclic) bond motifs is 1. The Morgan fingerprint density at radius 1 is 1.31 bits per heavy atom. The predicted octanol–water partition coefficient (Wildman–Crippen LogP) is 2.43. The van der Waals surface area contributed by atoms with Crippen molar-refractivity contribution in [3.05, 3.63) is 24.0 Å². The maximum atomic E-state index is 12.4. The van der Waals surface area contributed by atoms with Gasteiger partial charge in [-0.3, -0.25) is 15.0 Å². The number of aromatic nitrogens is 2. The molecular formula is C22H29N5O5. The summed E-state index contributed by atoms with van der Waals surface area (Å²) in [4.78, 5) is 43.8. The molecule has 0 bridgehead atoms. The van der Waals surface area contributed by atoms with Crippen molar-refractivity contribution in [2.24, 2.45) is 0 Å². The van der Waals surface area contributed by atoms with Crippen molar-refractivity contribution in [2.45, 2.75) is 52.4 Å². The van der Waals surface area contributed by atoms with E-state index in [2.05, 4.69) is 10.3 Å². The van der Waals surface area contributed by atoms with E-state index in [4.69, 9.17) is 9.47 Å². The first-order chi connectivity index (χ1) is 15.1. The third kappa shape index (κ3) is 4.69. The molecule has 4 amide bonds. The zero-order chi connectivity index (χ0) is 23.0. The number of urea groups is 1. The molecule has 172 valence electrons. The van der Waals surface area contributed by atoms with E-state index in [0.717, 1.165) is 16.6 Å². The molecule has 4 rings (SSSR count). The van der Waals surface area contributed by atoms with Crippen molar-refractivity contribution in [1.29, 1.82) is 0 Å². The number of aryl methyl sites for hydroxylation is 1. The van der Waals surface area contributed by atoms with Crippen LogP contribution in [0.5, 0.6) is 0 Å². The third-order valence-electron chi connectivity index (χ3n) is 5.46. The molecule has 0 aromatic carbocycles. The fourth-order valence-electron chi connectivity index (χ4n) is 3.97. The van der Waals surface area contributed by atoms with Crippen molar-refractivity contribution >= 4 is 34.8 Å². The van der Waals surface area contributed by atoms with Crippen molar-refractivity contribution in [3.8, 4) is 0 Å². The van der Waals surface area contributed by atoms with Gasteiger partial charge in [0, 0.05) is 31.1 Å². The lowest BCUT2D eigenvalue weighted by molar-refractivity contribution is -0.120. The summed E-state index contributed by atoms with van der Waals surface area (Å²) in [5, 5.41) is 3.26. The first-order valence-corrected chi connectivity index (χ1v) is 10.8. The SMILES string of the molecule is Cc1cn(C[C@@H]2CN(C(=O)OC(C)(C)C)CCO2)c2ncc(N3CCC(=O)NC3=O)cc12. The highest BCUT2D eigenvalue weighted by Gasteiger charge is 2.29. The number of morpholine rings is 1. The first kappa shape index (κ1) is 22.1. The smallest absolute Gasteiger partial charge is 0.410 e. The molecule has 2 aromatic rings. The van der Waals surface area contributed by atoms with E-state index in [1.54, 1.807) is 11.1 Å². The molecule has 1 atom stereocenters. The van der Waals surface area contributed by atoms with Crippen LogP contribution in [0.25, 0.3) is 11.0 Å². The molecule has 2 aliphatic rings. The van der Waals surface area contributed by atoms with Crippen LogP contribution in [0.4, 0.5) is 15.3 Å². The zero-order valence-electron chi connectivity index (χ0n) is 18.9. The molecule has 2 aromatic heterocycles. The summed E-state index contributed by atoms with van der Waals surface area (Å²) in [6, 6.07) is 1.48. The van der Waals surface area contributed by atoms with Crippen molar-refractivity contribution in [3.63, 3.8) is 0 Å². The predicted molar refractivity (Wildman–Crippen MR) is 118 cm³/mol. The molecule has 2 fully saturated rings. The lowest BCUT2D eigenvalue weighted by Gasteiger charge is -2.34. The average Bonchev–Trinajstić information content (AvgIpc) is 3.02. The highest BCUT2D eigenvalue weighted by Crippen LogP contribution is 2.26. The van der Waals surface area contributed by atoms with Gasteiger partial charge in [0.2, 0.25) is 5.91 Å². The summed E-state index contributed by atoms with van der Waals surface area (Å²) < 4.78 is 13.4. The zero-order valence-corrected chi connectivity index (χ0v) is 18.9. The number of rotatable bonds is 3. The molecule has 32 heavy (non-hydrogen) atoms. The van der Waals surface area contributed by atoms with Crippen molar-refractivity contribution < 1.29 is 23.9 Å². The van der Waals surface area contributed by atoms with Crippen LogP contribution in [0.3, 0.4) is 0 Å². The second-order valence-corrected chi connectivity index (χ2v) is 9.20. The Kier molecular flexibility index (Phi) is 5.81. The molecule has 0 aliphatic carbocycles. The normalized spacial score (nSPS) is 19.9. The molecule has 0 spiro atoms. The number of hydrogen-bond donors (Lipinski definition) is 1. The second kappa shape index (κ2) is 8.42. The van der Waals surface area contributed by atoms with Crippen LogP contribution in [0.2, 0.25) is 0 Å². The number of ether oxygens (including phenoxy) is 2. The Morgan fingerprint density at radius 2 is 2.09 bits per heavy atom. The minimum Gasteiger partial charge on any atom is -0.444 e. The van der Waals surface area contributed by atoms with E-state index < -0.39 is 11.6 Å². The minimum absolute atomic E-state index is 0.188. The molecular weight excluding hydrogens is 414 g/mol. The number of carbonyl (C=O) groups is 3. The Hall–Kier alpha value is -3.14. The molecule has 1 N–H and O–H groups in total. The topological polar surface area (TPSA) is 106 Å². The van der Waals surface area contributed by atoms with E-state index >= 15 is 0 Å². The van der Waals surface area contributed by atoms with E-state index in [9.17, 15) is 14.4 Å². The van der Waals surface area contributed by atoms with Crippen LogP contribution in [-0.2, 0) is 20.8 Å². The number of nitrogens with one attached hydrogen (secondary N) is 1. The first-order valence-electron chi connectivity index (χ1n) is 10.8. The minimum atomic E-state index is -0.543. The van der Waals surface area contributed by atoms with Gasteiger partial charge >= 0.3 is 12.1 Å². The van der Waals surface area contributed by atoms with Gasteiger partial charge in [0.25, 0.3) is 0 Å². The molecule has 4 heterocycles. The Labute approximate surface area is 186 Å². The molecule has 2 aliphatic heterocycles. The van der Waals surface area contributed by atoms with Gasteiger partial charge in [0.15, 0.2) is 0 Å². The molecule has 0 radical (unpaired) electrons. The largest absolute Gasteiger partial charge is 0.444 e. The summed E-state index contributed by atoms with van der Waals surface area (Å²) in [6.45, 7) is 9.78. The highest BCUT2D eigenvalue weighted by atomic mass is 16.6. The Morgan fingerprint density at radius 3 is 2.81 bits per heavy atom. The molecule has 10 nitrogen and oxygen atoms in total.